The molecule has 2 saturated carbocycles. The van der Waals surface area contributed by atoms with Gasteiger partial charge in [-0.15, -0.1) is 0 Å². The first-order valence-electron chi connectivity index (χ1n) is 5.25. The van der Waals surface area contributed by atoms with E-state index < -0.39 is 0 Å². The first-order chi connectivity index (χ1) is 6.36. The Morgan fingerprint density at radius 2 is 2.15 bits per heavy atom. The van der Waals surface area contributed by atoms with E-state index in [1.54, 1.807) is 0 Å². The summed E-state index contributed by atoms with van der Waals surface area (Å²) in [5.41, 5.74) is 7.87. The molecule has 0 radical (unpaired) electrons. The number of aliphatic hydroxyl groups is 1. The van der Waals surface area contributed by atoms with Crippen LogP contribution in [-0.2, 0) is 0 Å². The van der Waals surface area contributed by atoms with E-state index in [0.717, 1.165) is 6.42 Å². The predicted octanol–water partition coefficient (Wildman–Crippen LogP) is 0.528. The second-order valence-electron chi connectivity index (χ2n) is 4.48. The van der Waals surface area contributed by atoms with E-state index in [1.807, 2.05) is 0 Å². The second kappa shape index (κ2) is 2.72. The first-order valence-corrected chi connectivity index (χ1v) is 5.25. The molecule has 3 aliphatic rings. The molecule has 0 saturated heterocycles. The van der Waals surface area contributed by atoms with E-state index in [1.165, 1.54) is 24.8 Å². The van der Waals surface area contributed by atoms with Gasteiger partial charge >= 0.3 is 0 Å². The smallest absolute Gasteiger partial charge is 0.0574 e. The van der Waals surface area contributed by atoms with Crippen LogP contribution in [0.15, 0.2) is 11.8 Å². The van der Waals surface area contributed by atoms with E-state index in [9.17, 15) is 5.11 Å². The van der Waals surface area contributed by atoms with E-state index in [-0.39, 0.29) is 6.10 Å². The Morgan fingerprint density at radius 3 is 3.08 bits per heavy atom. The van der Waals surface area contributed by atoms with E-state index in [2.05, 4.69) is 17.1 Å². The summed E-state index contributed by atoms with van der Waals surface area (Å²) in [5.74, 6) is 1.19. The molecule has 0 aromatic carbocycles. The Balaban J connectivity index is 1.88. The number of hydrogen-bond acceptors (Lipinski definition) is 3. The van der Waals surface area contributed by atoms with Crippen LogP contribution < -0.4 is 10.9 Å². The van der Waals surface area contributed by atoms with Gasteiger partial charge in [-0.3, -0.25) is 0 Å². The van der Waals surface area contributed by atoms with Crippen LogP contribution in [0.3, 0.4) is 0 Å². The van der Waals surface area contributed by atoms with E-state index >= 15 is 0 Å². The Kier molecular flexibility index (Phi) is 1.64. The van der Waals surface area contributed by atoms with Gasteiger partial charge in [-0.25, -0.2) is 5.43 Å². The van der Waals surface area contributed by atoms with Gasteiger partial charge in [0.25, 0.3) is 0 Å². The third-order valence-corrected chi connectivity index (χ3v) is 3.90. The van der Waals surface area contributed by atoms with Gasteiger partial charge in [0.2, 0.25) is 0 Å². The number of nitrogens with one attached hydrogen (secondary N) is 2. The van der Waals surface area contributed by atoms with Gasteiger partial charge in [-0.2, -0.15) is 0 Å². The molecule has 1 aliphatic heterocycles. The average Bonchev–Trinajstić information content (AvgIpc) is 2.70. The lowest BCUT2D eigenvalue weighted by atomic mass is 9.75. The summed E-state index contributed by atoms with van der Waals surface area (Å²) in [4.78, 5) is 0. The molecule has 0 aromatic rings. The first kappa shape index (κ1) is 7.83. The van der Waals surface area contributed by atoms with Crippen LogP contribution >= 0.6 is 0 Å². The maximum atomic E-state index is 9.78. The summed E-state index contributed by atoms with van der Waals surface area (Å²) in [5, 5.41) is 9.78. The molecule has 3 nitrogen and oxygen atoms in total. The lowest BCUT2D eigenvalue weighted by Gasteiger charge is -2.32. The van der Waals surface area contributed by atoms with Crippen LogP contribution in [0.1, 0.15) is 25.7 Å². The highest BCUT2D eigenvalue weighted by Gasteiger charge is 2.43. The summed E-state index contributed by atoms with van der Waals surface area (Å²) in [6.45, 7) is 0. The molecule has 4 atom stereocenters. The van der Waals surface area contributed by atoms with Gasteiger partial charge in [-0.1, -0.05) is 0 Å². The van der Waals surface area contributed by atoms with Crippen LogP contribution in [0.2, 0.25) is 0 Å². The number of fused-ring (bicyclic) bond motifs is 3. The minimum atomic E-state index is -0.0348. The highest BCUT2D eigenvalue weighted by atomic mass is 16.3. The van der Waals surface area contributed by atoms with Gasteiger partial charge in [0, 0.05) is 12.2 Å². The fourth-order valence-electron chi connectivity index (χ4n) is 3.23. The zero-order valence-electron chi connectivity index (χ0n) is 7.66. The monoisotopic (exact) mass is 180 g/mol. The molecule has 0 spiro atoms. The Bertz CT molecular complexity index is 251. The van der Waals surface area contributed by atoms with Crippen molar-refractivity contribution in [2.24, 2.45) is 11.8 Å². The topological polar surface area (TPSA) is 44.3 Å². The normalized spacial score (nSPS) is 47.9. The van der Waals surface area contributed by atoms with Crippen molar-refractivity contribution in [2.45, 2.75) is 37.8 Å². The molecule has 72 valence electrons. The maximum Gasteiger partial charge on any atom is 0.0574 e. The number of hydrazine groups is 1. The number of rotatable bonds is 0. The summed E-state index contributed by atoms with van der Waals surface area (Å²) in [6.07, 6.45) is 6.61. The zero-order valence-corrected chi connectivity index (χ0v) is 7.66. The lowest BCUT2D eigenvalue weighted by Crippen LogP contribution is -2.38. The van der Waals surface area contributed by atoms with Crippen LogP contribution in [0.4, 0.5) is 0 Å². The molecular formula is C10H16N2O. The highest BCUT2D eigenvalue weighted by molar-refractivity contribution is 5.23. The summed E-state index contributed by atoms with van der Waals surface area (Å²) in [6, 6.07) is 0.548. The number of hydrogen-bond donors (Lipinski definition) is 3. The maximum absolute atomic E-state index is 9.78. The van der Waals surface area contributed by atoms with Crippen molar-refractivity contribution in [3.8, 4) is 0 Å². The van der Waals surface area contributed by atoms with Crippen molar-refractivity contribution in [1.29, 1.82) is 0 Å². The molecule has 13 heavy (non-hydrogen) atoms. The molecule has 2 aliphatic carbocycles. The molecule has 0 amide bonds. The van der Waals surface area contributed by atoms with Crippen molar-refractivity contribution < 1.29 is 5.11 Å². The predicted molar refractivity (Wildman–Crippen MR) is 49.6 cm³/mol. The van der Waals surface area contributed by atoms with Gasteiger partial charge in [-0.05, 0) is 43.1 Å². The third-order valence-electron chi connectivity index (χ3n) is 3.90. The van der Waals surface area contributed by atoms with Crippen molar-refractivity contribution in [3.05, 3.63) is 11.8 Å². The molecule has 3 N–H and O–H groups in total. The van der Waals surface area contributed by atoms with Crippen molar-refractivity contribution >= 4 is 0 Å². The quantitative estimate of drug-likeness (QED) is 0.509. The van der Waals surface area contributed by atoms with E-state index in [0.29, 0.717) is 17.9 Å². The SMILES string of the molecule is OC1CCC2C3=CNNC3CCC12. The minimum Gasteiger partial charge on any atom is -0.393 e. The van der Waals surface area contributed by atoms with Crippen LogP contribution in [-0.4, -0.2) is 17.3 Å². The molecular weight excluding hydrogens is 164 g/mol. The molecule has 4 unspecified atom stereocenters. The van der Waals surface area contributed by atoms with Crippen LogP contribution in [0.5, 0.6) is 0 Å². The van der Waals surface area contributed by atoms with Crippen molar-refractivity contribution in [3.63, 3.8) is 0 Å². The van der Waals surface area contributed by atoms with Gasteiger partial charge in [0.1, 0.15) is 0 Å². The molecule has 1 heterocycles. The van der Waals surface area contributed by atoms with Crippen molar-refractivity contribution in [2.75, 3.05) is 0 Å². The molecule has 3 heteroatoms. The summed E-state index contributed by atoms with van der Waals surface area (Å²) >= 11 is 0. The van der Waals surface area contributed by atoms with E-state index in [4.69, 9.17) is 0 Å². The third kappa shape index (κ3) is 1.04. The Labute approximate surface area is 78.2 Å². The summed E-state index contributed by atoms with van der Waals surface area (Å²) < 4.78 is 0. The number of aliphatic hydroxyl groups excluding tert-OH is 1. The molecule has 0 bridgehead atoms. The second-order valence-corrected chi connectivity index (χ2v) is 4.48. The summed E-state index contributed by atoms with van der Waals surface area (Å²) in [7, 11) is 0. The van der Waals surface area contributed by atoms with Gasteiger partial charge < -0.3 is 10.5 Å². The van der Waals surface area contributed by atoms with Crippen LogP contribution in [0.25, 0.3) is 0 Å². The average molecular weight is 180 g/mol. The standard InChI is InChI=1S/C10H16N2O/c13-10-4-2-6-7(10)1-3-9-8(6)5-11-12-9/h5-7,9-13H,1-4H2. The lowest BCUT2D eigenvalue weighted by molar-refractivity contribution is 0.105. The largest absolute Gasteiger partial charge is 0.393 e. The van der Waals surface area contributed by atoms with Crippen LogP contribution in [0, 0.1) is 11.8 Å². The highest BCUT2D eigenvalue weighted by Crippen LogP contribution is 2.45. The molecule has 2 fully saturated rings. The zero-order chi connectivity index (χ0) is 8.84. The van der Waals surface area contributed by atoms with Crippen molar-refractivity contribution in [1.82, 2.24) is 10.9 Å². The van der Waals surface area contributed by atoms with Gasteiger partial charge in [0.05, 0.1) is 6.10 Å². The minimum absolute atomic E-state index is 0.0348. The fourth-order valence-corrected chi connectivity index (χ4v) is 3.23. The van der Waals surface area contributed by atoms with Gasteiger partial charge in [0.15, 0.2) is 0 Å². The Hall–Kier alpha value is -0.540. The molecule has 3 rings (SSSR count). The fraction of sp³-hybridized carbons (Fsp3) is 0.800. The molecule has 0 aromatic heterocycles. The Morgan fingerprint density at radius 1 is 1.23 bits per heavy atom.